The van der Waals surface area contributed by atoms with Gasteiger partial charge < -0.3 is 4.98 Å². The lowest BCUT2D eigenvalue weighted by Crippen LogP contribution is -2.10. The molecule has 0 amide bonds. The number of aromatic amines is 1. The quantitative estimate of drug-likeness (QED) is 0.768. The highest BCUT2D eigenvalue weighted by Gasteiger charge is 2.16. The van der Waals surface area contributed by atoms with Crippen molar-refractivity contribution in [3.63, 3.8) is 0 Å². The van der Waals surface area contributed by atoms with Crippen molar-refractivity contribution in [1.82, 2.24) is 9.97 Å². The number of allylic oxidation sites excluding steroid dienone is 2. The van der Waals surface area contributed by atoms with Crippen LogP contribution in [-0.4, -0.2) is 21.5 Å². The predicted octanol–water partition coefficient (Wildman–Crippen LogP) is 2.34. The molecule has 1 heterocycles. The van der Waals surface area contributed by atoms with Crippen LogP contribution in [0.2, 0.25) is 0 Å². The minimum absolute atomic E-state index is 0.0924. The van der Waals surface area contributed by atoms with Gasteiger partial charge in [-0.25, -0.2) is 4.98 Å². The number of benzene rings is 1. The number of hydrogen-bond acceptors (Lipinski definition) is 3. The van der Waals surface area contributed by atoms with E-state index in [1.807, 2.05) is 6.92 Å². The van der Waals surface area contributed by atoms with Gasteiger partial charge in [0.05, 0.1) is 0 Å². The highest BCUT2D eigenvalue weighted by molar-refractivity contribution is 6.21. The molecule has 2 aromatic rings. The van der Waals surface area contributed by atoms with E-state index in [1.54, 1.807) is 36.7 Å². The molecule has 1 aromatic heterocycles. The first kappa shape index (κ1) is 12.0. The molecule has 18 heavy (non-hydrogen) atoms. The summed E-state index contributed by atoms with van der Waals surface area (Å²) in [6.07, 6.45) is 6.15. The molecule has 0 saturated carbocycles. The fourth-order valence-electron chi connectivity index (χ4n) is 1.59. The van der Waals surface area contributed by atoms with Crippen molar-refractivity contribution in [2.45, 2.75) is 6.92 Å². The maximum absolute atomic E-state index is 11.2. The summed E-state index contributed by atoms with van der Waals surface area (Å²) in [7, 11) is 0. The van der Waals surface area contributed by atoms with E-state index in [2.05, 4.69) is 9.97 Å². The third-order valence-corrected chi connectivity index (χ3v) is 2.48. The summed E-state index contributed by atoms with van der Waals surface area (Å²) in [6.45, 7) is 1.92. The largest absolute Gasteiger partial charge is 0.349 e. The van der Waals surface area contributed by atoms with Gasteiger partial charge in [0.1, 0.15) is 5.82 Å². The van der Waals surface area contributed by atoms with Crippen LogP contribution >= 0.6 is 0 Å². The van der Waals surface area contributed by atoms with Gasteiger partial charge >= 0.3 is 0 Å². The summed E-state index contributed by atoms with van der Waals surface area (Å²) in [4.78, 5) is 29.1. The summed E-state index contributed by atoms with van der Waals surface area (Å²) >= 11 is 0. The Bertz CT molecular complexity index is 561. The number of carbonyl (C=O) groups excluding carboxylic acids is 2. The van der Waals surface area contributed by atoms with Gasteiger partial charge in [0.2, 0.25) is 0 Å². The summed E-state index contributed by atoms with van der Waals surface area (Å²) in [5.74, 6) is 0.783. The number of aryl methyl sites for hydroxylation is 1. The van der Waals surface area contributed by atoms with Crippen LogP contribution < -0.4 is 0 Å². The fraction of sp³-hybridized carbons (Fsp3) is 0.0714. The van der Waals surface area contributed by atoms with Crippen LogP contribution in [0.4, 0.5) is 0 Å². The fourth-order valence-corrected chi connectivity index (χ4v) is 1.59. The average Bonchev–Trinajstić information content (AvgIpc) is 2.86. The van der Waals surface area contributed by atoms with Gasteiger partial charge in [0.25, 0.3) is 0 Å². The van der Waals surface area contributed by atoms with Crippen LogP contribution in [-0.2, 0) is 0 Å². The van der Waals surface area contributed by atoms with Gasteiger partial charge in [-0.1, -0.05) is 24.3 Å². The van der Waals surface area contributed by atoms with Crippen LogP contribution in [0.15, 0.2) is 48.8 Å². The highest BCUT2D eigenvalue weighted by Crippen LogP contribution is 2.15. The van der Waals surface area contributed by atoms with E-state index in [0.29, 0.717) is 11.1 Å². The van der Waals surface area contributed by atoms with Gasteiger partial charge in [-0.3, -0.25) is 9.59 Å². The van der Waals surface area contributed by atoms with Gasteiger partial charge in [-0.2, -0.15) is 0 Å². The molecule has 1 aliphatic rings. The van der Waals surface area contributed by atoms with E-state index >= 15 is 0 Å². The lowest BCUT2D eigenvalue weighted by molar-refractivity contribution is 0.0994. The molecule has 0 atom stereocenters. The number of carbonyl (C=O) groups is 2. The topological polar surface area (TPSA) is 62.8 Å². The third kappa shape index (κ3) is 2.60. The molecule has 4 heteroatoms. The summed E-state index contributed by atoms with van der Waals surface area (Å²) in [5, 5.41) is 0. The zero-order valence-electron chi connectivity index (χ0n) is 9.88. The van der Waals surface area contributed by atoms with Crippen molar-refractivity contribution >= 4 is 11.6 Å². The lowest BCUT2D eigenvalue weighted by atomic mass is 9.95. The molecule has 1 aliphatic carbocycles. The second-order valence-electron chi connectivity index (χ2n) is 3.78. The Labute approximate surface area is 104 Å². The molecule has 0 unspecified atom stereocenters. The minimum atomic E-state index is -0.0924. The SMILES string of the molecule is Cc1ncc[nH]1.O=C1C=CC(=O)c2ccccc21. The third-order valence-electron chi connectivity index (χ3n) is 2.48. The molecular formula is C14H12N2O2. The molecule has 3 rings (SSSR count). The van der Waals surface area contributed by atoms with Gasteiger partial charge in [-0.15, -0.1) is 0 Å². The Morgan fingerprint density at radius 1 is 1.00 bits per heavy atom. The summed E-state index contributed by atoms with van der Waals surface area (Å²) < 4.78 is 0. The van der Waals surface area contributed by atoms with Crippen LogP contribution in [0.1, 0.15) is 26.5 Å². The maximum Gasteiger partial charge on any atom is 0.186 e. The molecular weight excluding hydrogens is 228 g/mol. The standard InChI is InChI=1S/C10H6O2.C4H6N2/c11-9-5-6-10(12)8-4-2-1-3-7(8)9;1-4-5-2-3-6-4/h1-6H;2-3H,1H3,(H,5,6). The number of imidazole rings is 1. The van der Waals surface area contributed by atoms with E-state index in [9.17, 15) is 9.59 Å². The minimum Gasteiger partial charge on any atom is -0.349 e. The number of aromatic nitrogens is 2. The van der Waals surface area contributed by atoms with Gasteiger partial charge in [-0.05, 0) is 19.1 Å². The number of H-pyrrole nitrogens is 1. The van der Waals surface area contributed by atoms with Crippen molar-refractivity contribution in [3.8, 4) is 0 Å². The second kappa shape index (κ2) is 5.23. The first-order chi connectivity index (χ1) is 8.68. The molecule has 0 saturated heterocycles. The van der Waals surface area contributed by atoms with Crippen molar-refractivity contribution in [1.29, 1.82) is 0 Å². The molecule has 90 valence electrons. The van der Waals surface area contributed by atoms with Crippen LogP contribution in [0, 0.1) is 6.92 Å². The molecule has 1 aromatic carbocycles. The molecule has 0 spiro atoms. The first-order valence-electron chi connectivity index (χ1n) is 5.50. The first-order valence-corrected chi connectivity index (χ1v) is 5.50. The van der Waals surface area contributed by atoms with Gasteiger partial charge in [0, 0.05) is 23.5 Å². The molecule has 1 N–H and O–H groups in total. The van der Waals surface area contributed by atoms with Crippen molar-refractivity contribution < 1.29 is 9.59 Å². The van der Waals surface area contributed by atoms with Crippen LogP contribution in [0.25, 0.3) is 0 Å². The van der Waals surface area contributed by atoms with Gasteiger partial charge in [0.15, 0.2) is 11.6 Å². The molecule has 0 aliphatic heterocycles. The number of rotatable bonds is 0. The smallest absolute Gasteiger partial charge is 0.186 e. The summed E-state index contributed by atoms with van der Waals surface area (Å²) in [5.41, 5.74) is 1.01. The summed E-state index contributed by atoms with van der Waals surface area (Å²) in [6, 6.07) is 6.84. The van der Waals surface area contributed by atoms with Crippen LogP contribution in [0.3, 0.4) is 0 Å². The van der Waals surface area contributed by atoms with Crippen molar-refractivity contribution in [2.75, 3.05) is 0 Å². The lowest BCUT2D eigenvalue weighted by Gasteiger charge is -2.06. The zero-order valence-corrected chi connectivity index (χ0v) is 9.88. The Morgan fingerprint density at radius 2 is 1.56 bits per heavy atom. The molecule has 0 radical (unpaired) electrons. The predicted molar refractivity (Wildman–Crippen MR) is 67.6 cm³/mol. The number of nitrogens with zero attached hydrogens (tertiary/aromatic N) is 1. The Morgan fingerprint density at radius 3 is 1.89 bits per heavy atom. The van der Waals surface area contributed by atoms with Crippen LogP contribution in [0.5, 0.6) is 0 Å². The van der Waals surface area contributed by atoms with E-state index in [4.69, 9.17) is 0 Å². The number of fused-ring (bicyclic) bond motifs is 1. The number of nitrogens with one attached hydrogen (secondary N) is 1. The zero-order chi connectivity index (χ0) is 13.0. The molecule has 4 nitrogen and oxygen atoms in total. The molecule has 0 fully saturated rings. The van der Waals surface area contributed by atoms with E-state index < -0.39 is 0 Å². The average molecular weight is 240 g/mol. The normalized spacial score (nSPS) is 12.7. The van der Waals surface area contributed by atoms with Crippen molar-refractivity contribution in [3.05, 3.63) is 65.8 Å². The van der Waals surface area contributed by atoms with E-state index in [0.717, 1.165) is 5.82 Å². The maximum atomic E-state index is 11.2. The highest BCUT2D eigenvalue weighted by atomic mass is 16.1. The van der Waals surface area contributed by atoms with E-state index in [-0.39, 0.29) is 11.6 Å². The second-order valence-corrected chi connectivity index (χ2v) is 3.78. The Kier molecular flexibility index (Phi) is 3.48. The molecule has 0 bridgehead atoms. The number of hydrogen-bond donors (Lipinski definition) is 1. The number of ketones is 2. The Hall–Kier alpha value is -2.49. The Balaban J connectivity index is 0.000000169. The van der Waals surface area contributed by atoms with E-state index in [1.165, 1.54) is 12.2 Å². The monoisotopic (exact) mass is 240 g/mol. The van der Waals surface area contributed by atoms with Crippen molar-refractivity contribution in [2.24, 2.45) is 0 Å².